The lowest BCUT2D eigenvalue weighted by molar-refractivity contribution is -0.122. The summed E-state index contributed by atoms with van der Waals surface area (Å²) in [5.74, 6) is -3.65. The van der Waals surface area contributed by atoms with Crippen molar-refractivity contribution in [1.29, 1.82) is 0 Å². The van der Waals surface area contributed by atoms with Crippen molar-refractivity contribution in [2.45, 2.75) is 18.8 Å². The molecular formula is C36H28N2O7. The fraction of sp³-hybridized carbons (Fsp3) is 0.194. The fourth-order valence-electron chi connectivity index (χ4n) is 6.99. The largest absolute Gasteiger partial charge is 0.462 e. The molecule has 9 nitrogen and oxygen atoms in total. The average Bonchev–Trinajstić information content (AvgIpc) is 3.34. The van der Waals surface area contributed by atoms with Crippen LogP contribution in [0.5, 0.6) is 0 Å². The van der Waals surface area contributed by atoms with Crippen LogP contribution in [-0.4, -0.2) is 42.9 Å². The van der Waals surface area contributed by atoms with E-state index in [9.17, 15) is 24.0 Å². The summed E-state index contributed by atoms with van der Waals surface area (Å²) in [7, 11) is 0. The third-order valence-electron chi connectivity index (χ3n) is 8.82. The van der Waals surface area contributed by atoms with Crippen molar-refractivity contribution in [2.24, 2.45) is 11.8 Å². The molecule has 45 heavy (non-hydrogen) atoms. The predicted octanol–water partition coefficient (Wildman–Crippen LogP) is 5.06. The Bertz CT molecular complexity index is 1750. The zero-order valence-corrected chi connectivity index (χ0v) is 24.3. The molecule has 0 spiro atoms. The van der Waals surface area contributed by atoms with Crippen molar-refractivity contribution in [3.05, 3.63) is 130 Å². The number of ether oxygens (including phenoxy) is 2. The number of anilines is 2. The van der Waals surface area contributed by atoms with Gasteiger partial charge in [0, 0.05) is 17.5 Å². The molecule has 1 fully saturated rings. The van der Waals surface area contributed by atoms with Crippen molar-refractivity contribution in [3.63, 3.8) is 0 Å². The number of benzene rings is 4. The van der Waals surface area contributed by atoms with Crippen molar-refractivity contribution in [2.75, 3.05) is 23.4 Å². The number of rotatable bonds is 7. The number of amides is 3. The van der Waals surface area contributed by atoms with Crippen molar-refractivity contribution in [1.82, 2.24) is 0 Å². The van der Waals surface area contributed by atoms with Gasteiger partial charge in [0.2, 0.25) is 11.8 Å². The number of nitrogens with zero attached hydrogens (tertiary/aromatic N) is 1. The molecule has 3 aliphatic carbocycles. The van der Waals surface area contributed by atoms with E-state index in [1.807, 2.05) is 24.3 Å². The van der Waals surface area contributed by atoms with Crippen LogP contribution in [0.4, 0.5) is 11.4 Å². The van der Waals surface area contributed by atoms with Crippen molar-refractivity contribution < 1.29 is 33.4 Å². The van der Waals surface area contributed by atoms with Crippen LogP contribution in [0.25, 0.3) is 0 Å². The van der Waals surface area contributed by atoms with Gasteiger partial charge < -0.3 is 14.8 Å². The molecule has 8 rings (SSSR count). The highest BCUT2D eigenvalue weighted by atomic mass is 16.5. The fourth-order valence-corrected chi connectivity index (χ4v) is 6.99. The van der Waals surface area contributed by atoms with Gasteiger partial charge in [-0.2, -0.15) is 0 Å². The number of hydrogen-bond donors (Lipinski definition) is 1. The highest BCUT2D eigenvalue weighted by Gasteiger charge is 2.61. The van der Waals surface area contributed by atoms with Crippen LogP contribution in [0.3, 0.4) is 0 Å². The van der Waals surface area contributed by atoms with Gasteiger partial charge >= 0.3 is 11.9 Å². The molecule has 0 unspecified atom stereocenters. The molecule has 2 bridgehead atoms. The van der Waals surface area contributed by atoms with E-state index in [0.29, 0.717) is 16.9 Å². The van der Waals surface area contributed by atoms with Crippen LogP contribution >= 0.6 is 0 Å². The molecule has 2 atom stereocenters. The second kappa shape index (κ2) is 11.2. The maximum atomic E-state index is 13.9. The normalized spacial score (nSPS) is 20.6. The molecule has 3 amide bonds. The molecule has 1 aliphatic heterocycles. The van der Waals surface area contributed by atoms with Gasteiger partial charge in [-0.15, -0.1) is 0 Å². The minimum absolute atomic E-state index is 0.168. The summed E-state index contributed by atoms with van der Waals surface area (Å²) in [5, 5.41) is 2.60. The first kappa shape index (κ1) is 28.2. The zero-order chi connectivity index (χ0) is 31.2. The molecule has 1 N–H and O–H groups in total. The summed E-state index contributed by atoms with van der Waals surface area (Å²) in [6.45, 7) is 1.44. The summed E-state index contributed by atoms with van der Waals surface area (Å²) in [5.41, 5.74) is 5.72. The molecule has 4 aliphatic rings. The first-order valence-electron chi connectivity index (χ1n) is 14.8. The van der Waals surface area contributed by atoms with E-state index in [4.69, 9.17) is 9.47 Å². The van der Waals surface area contributed by atoms with Crippen LogP contribution < -0.4 is 10.2 Å². The quantitative estimate of drug-likeness (QED) is 0.233. The Balaban J connectivity index is 1.03. The maximum Gasteiger partial charge on any atom is 0.338 e. The van der Waals surface area contributed by atoms with Crippen LogP contribution in [0, 0.1) is 11.8 Å². The number of esters is 2. The van der Waals surface area contributed by atoms with Gasteiger partial charge in [0.15, 0.2) is 6.61 Å². The maximum absolute atomic E-state index is 13.9. The van der Waals surface area contributed by atoms with E-state index in [1.54, 1.807) is 31.2 Å². The van der Waals surface area contributed by atoms with E-state index < -0.39 is 36.3 Å². The second-order valence-corrected chi connectivity index (χ2v) is 11.2. The second-order valence-electron chi connectivity index (χ2n) is 11.2. The van der Waals surface area contributed by atoms with E-state index >= 15 is 0 Å². The number of carbonyl (C=O) groups excluding carboxylic acids is 5. The van der Waals surface area contributed by atoms with Crippen molar-refractivity contribution >= 4 is 41.0 Å². The molecule has 9 heteroatoms. The lowest BCUT2D eigenvalue weighted by Gasteiger charge is -2.45. The van der Waals surface area contributed by atoms with Gasteiger partial charge in [0.05, 0.1) is 35.3 Å². The Morgan fingerprint density at radius 1 is 0.644 bits per heavy atom. The van der Waals surface area contributed by atoms with E-state index in [0.717, 1.165) is 22.3 Å². The number of nitrogens with one attached hydrogen (secondary N) is 1. The third kappa shape index (κ3) is 4.68. The lowest BCUT2D eigenvalue weighted by atomic mass is 9.55. The van der Waals surface area contributed by atoms with Crippen LogP contribution in [0.15, 0.2) is 97.1 Å². The minimum Gasteiger partial charge on any atom is -0.462 e. The Morgan fingerprint density at radius 3 is 1.56 bits per heavy atom. The third-order valence-corrected chi connectivity index (χ3v) is 8.82. The number of carbonyl (C=O) groups is 5. The predicted molar refractivity (Wildman–Crippen MR) is 164 cm³/mol. The Kier molecular flexibility index (Phi) is 7.00. The van der Waals surface area contributed by atoms with E-state index in [2.05, 4.69) is 29.6 Å². The Hall–Kier alpha value is -5.57. The van der Waals surface area contributed by atoms with E-state index in [1.165, 1.54) is 29.2 Å². The molecule has 0 radical (unpaired) electrons. The first-order chi connectivity index (χ1) is 21.9. The van der Waals surface area contributed by atoms with Crippen LogP contribution in [0.1, 0.15) is 61.7 Å². The van der Waals surface area contributed by atoms with Gasteiger partial charge in [-0.25, -0.2) is 14.5 Å². The molecule has 4 aromatic carbocycles. The van der Waals surface area contributed by atoms with Gasteiger partial charge in [0.1, 0.15) is 0 Å². The van der Waals surface area contributed by atoms with Gasteiger partial charge in [-0.3, -0.25) is 14.4 Å². The van der Waals surface area contributed by atoms with Gasteiger partial charge in [-0.1, -0.05) is 48.5 Å². The molecular weight excluding hydrogens is 572 g/mol. The topological polar surface area (TPSA) is 119 Å². The van der Waals surface area contributed by atoms with Crippen molar-refractivity contribution in [3.8, 4) is 0 Å². The zero-order valence-electron chi connectivity index (χ0n) is 24.3. The molecule has 224 valence electrons. The molecule has 1 saturated heterocycles. The molecule has 4 aromatic rings. The monoisotopic (exact) mass is 600 g/mol. The standard InChI is InChI=1S/C36H28N2O7/c1-2-44-35(42)20-11-15-22(16-12-20)37-28(39)19-45-36(43)21-13-17-23(18-14-21)38-33(40)31-29-24-7-3-4-8-25(24)30(32(31)34(38)41)27-10-6-5-9-26(27)29/h3-18,29-32H,2,19H2,1H3,(H,37,39)/t29?,30?,31-,32+. The molecule has 0 aromatic heterocycles. The average molecular weight is 601 g/mol. The summed E-state index contributed by atoms with van der Waals surface area (Å²) >= 11 is 0. The van der Waals surface area contributed by atoms with Gasteiger partial charge in [0.25, 0.3) is 5.91 Å². The van der Waals surface area contributed by atoms with Crippen LogP contribution in [-0.2, 0) is 23.9 Å². The number of hydrogen-bond acceptors (Lipinski definition) is 7. The van der Waals surface area contributed by atoms with E-state index in [-0.39, 0.29) is 35.8 Å². The smallest absolute Gasteiger partial charge is 0.338 e. The van der Waals surface area contributed by atoms with Crippen LogP contribution in [0.2, 0.25) is 0 Å². The highest BCUT2D eigenvalue weighted by Crippen LogP contribution is 2.61. The lowest BCUT2D eigenvalue weighted by Crippen LogP contribution is -2.41. The molecule has 1 heterocycles. The Labute approximate surface area is 258 Å². The summed E-state index contributed by atoms with van der Waals surface area (Å²) in [6.07, 6.45) is 0. The number of imide groups is 1. The SMILES string of the molecule is CCOC(=O)c1ccc(NC(=O)COC(=O)c2ccc(N3C(=O)[C@@H]4C5c6ccccc6C(c6ccccc65)[C@@H]4C3=O)cc2)cc1. The first-order valence-corrected chi connectivity index (χ1v) is 14.8. The highest BCUT2D eigenvalue weighted by molar-refractivity contribution is 6.23. The summed E-state index contributed by atoms with van der Waals surface area (Å²) in [6, 6.07) is 28.3. The Morgan fingerprint density at radius 2 is 1.09 bits per heavy atom. The summed E-state index contributed by atoms with van der Waals surface area (Å²) < 4.78 is 10.1. The molecule has 0 saturated carbocycles. The van der Waals surface area contributed by atoms with Gasteiger partial charge in [-0.05, 0) is 77.7 Å². The summed E-state index contributed by atoms with van der Waals surface area (Å²) in [4.78, 5) is 66.0. The minimum atomic E-state index is -0.731.